The van der Waals surface area contributed by atoms with E-state index in [1.807, 2.05) is 18.7 Å². The molecule has 1 spiro atoms. The Labute approximate surface area is 156 Å². The van der Waals surface area contributed by atoms with Gasteiger partial charge in [0, 0.05) is 31.1 Å². The number of nitrogens with zero attached hydrogens (tertiary/aromatic N) is 2. The Morgan fingerprint density at radius 3 is 2.46 bits per heavy atom. The van der Waals surface area contributed by atoms with Gasteiger partial charge in [0.15, 0.2) is 0 Å². The third kappa shape index (κ3) is 3.93. The highest BCUT2D eigenvalue weighted by molar-refractivity contribution is 5.85. The van der Waals surface area contributed by atoms with E-state index < -0.39 is 0 Å². The standard InChI is InChI=1S/C21H31N3O2/c1-16(2)20(26)22-14-19(25)24-11-9-21(10-12-24)13-18(15-23(21)3)17-7-5-4-6-8-17/h4-8,16,18H,9-15H2,1-3H3,(H,22,26). The number of amides is 2. The van der Waals surface area contributed by atoms with Crippen molar-refractivity contribution in [2.24, 2.45) is 5.92 Å². The van der Waals surface area contributed by atoms with E-state index in [2.05, 4.69) is 47.6 Å². The van der Waals surface area contributed by atoms with E-state index in [0.29, 0.717) is 5.92 Å². The van der Waals surface area contributed by atoms with E-state index >= 15 is 0 Å². The molecule has 0 aliphatic carbocycles. The van der Waals surface area contributed by atoms with Crippen LogP contribution in [0.2, 0.25) is 0 Å². The average Bonchev–Trinajstić information content (AvgIpc) is 2.97. The predicted octanol–water partition coefficient (Wildman–Crippen LogP) is 2.24. The van der Waals surface area contributed by atoms with Gasteiger partial charge in [-0.2, -0.15) is 0 Å². The number of piperidine rings is 1. The fraction of sp³-hybridized carbons (Fsp3) is 0.619. The van der Waals surface area contributed by atoms with Crippen molar-refractivity contribution >= 4 is 11.8 Å². The van der Waals surface area contributed by atoms with Gasteiger partial charge in [0.2, 0.25) is 11.8 Å². The van der Waals surface area contributed by atoms with Crippen molar-refractivity contribution in [3.05, 3.63) is 35.9 Å². The van der Waals surface area contributed by atoms with E-state index in [1.54, 1.807) is 0 Å². The fourth-order valence-electron chi connectivity index (χ4n) is 4.39. The maximum atomic E-state index is 12.4. The molecule has 1 aromatic rings. The van der Waals surface area contributed by atoms with E-state index in [9.17, 15) is 9.59 Å². The molecule has 1 aromatic carbocycles. The van der Waals surface area contributed by atoms with Gasteiger partial charge in [-0.25, -0.2) is 0 Å². The lowest BCUT2D eigenvalue weighted by molar-refractivity contribution is -0.135. The Balaban J connectivity index is 1.54. The summed E-state index contributed by atoms with van der Waals surface area (Å²) in [5.41, 5.74) is 1.63. The quantitative estimate of drug-likeness (QED) is 0.899. The second kappa shape index (κ2) is 7.78. The second-order valence-corrected chi connectivity index (χ2v) is 8.17. The molecule has 1 unspecified atom stereocenters. The number of nitrogens with one attached hydrogen (secondary N) is 1. The van der Waals surface area contributed by atoms with Crippen LogP contribution in [0, 0.1) is 5.92 Å². The highest BCUT2D eigenvalue weighted by Crippen LogP contribution is 2.43. The van der Waals surface area contributed by atoms with Gasteiger partial charge in [-0.1, -0.05) is 44.2 Å². The minimum absolute atomic E-state index is 0.0362. The molecule has 1 N–H and O–H groups in total. The molecule has 2 saturated heterocycles. The van der Waals surface area contributed by atoms with Crippen molar-refractivity contribution in [3.63, 3.8) is 0 Å². The molecule has 0 saturated carbocycles. The minimum atomic E-state index is -0.0884. The first-order chi connectivity index (χ1) is 12.4. The number of hydrogen-bond acceptors (Lipinski definition) is 3. The molecule has 2 aliphatic heterocycles. The molecule has 26 heavy (non-hydrogen) atoms. The zero-order chi connectivity index (χ0) is 18.7. The molecule has 1 atom stereocenters. The SMILES string of the molecule is CC(C)C(=O)NCC(=O)N1CCC2(CC1)CC(c1ccccc1)CN2C. The Morgan fingerprint density at radius 1 is 1.19 bits per heavy atom. The van der Waals surface area contributed by atoms with Crippen LogP contribution in [0.25, 0.3) is 0 Å². The summed E-state index contributed by atoms with van der Waals surface area (Å²) in [5, 5.41) is 2.74. The maximum absolute atomic E-state index is 12.4. The Morgan fingerprint density at radius 2 is 1.85 bits per heavy atom. The van der Waals surface area contributed by atoms with Crippen LogP contribution in [0.15, 0.2) is 30.3 Å². The van der Waals surface area contributed by atoms with Crippen molar-refractivity contribution in [1.82, 2.24) is 15.1 Å². The van der Waals surface area contributed by atoms with Gasteiger partial charge in [-0.15, -0.1) is 0 Å². The van der Waals surface area contributed by atoms with Crippen LogP contribution in [0.3, 0.4) is 0 Å². The van der Waals surface area contributed by atoms with E-state index in [4.69, 9.17) is 0 Å². The van der Waals surface area contributed by atoms with Crippen LogP contribution < -0.4 is 5.32 Å². The smallest absolute Gasteiger partial charge is 0.241 e. The fourth-order valence-corrected chi connectivity index (χ4v) is 4.39. The van der Waals surface area contributed by atoms with Crippen LogP contribution in [0.4, 0.5) is 0 Å². The summed E-state index contributed by atoms with van der Waals surface area (Å²) in [5.74, 6) is 0.463. The van der Waals surface area contributed by atoms with Gasteiger partial charge in [-0.3, -0.25) is 14.5 Å². The number of likely N-dealkylation sites (N-methyl/N-ethyl adjacent to an activating group) is 1. The van der Waals surface area contributed by atoms with Crippen molar-refractivity contribution in [2.75, 3.05) is 33.2 Å². The summed E-state index contributed by atoms with van der Waals surface area (Å²) in [4.78, 5) is 28.5. The van der Waals surface area contributed by atoms with Gasteiger partial charge in [0.1, 0.15) is 0 Å². The van der Waals surface area contributed by atoms with Crippen LogP contribution in [0.1, 0.15) is 44.6 Å². The van der Waals surface area contributed by atoms with E-state index in [0.717, 1.165) is 32.5 Å². The highest BCUT2D eigenvalue weighted by Gasteiger charge is 2.46. The van der Waals surface area contributed by atoms with Crippen LogP contribution >= 0.6 is 0 Å². The van der Waals surface area contributed by atoms with Crippen molar-refractivity contribution in [1.29, 1.82) is 0 Å². The summed E-state index contributed by atoms with van der Waals surface area (Å²) >= 11 is 0. The monoisotopic (exact) mass is 357 g/mol. The highest BCUT2D eigenvalue weighted by atomic mass is 16.2. The second-order valence-electron chi connectivity index (χ2n) is 8.17. The topological polar surface area (TPSA) is 52.7 Å². The number of likely N-dealkylation sites (tertiary alicyclic amines) is 2. The lowest BCUT2D eigenvalue weighted by Gasteiger charge is -2.43. The molecule has 3 rings (SSSR count). The molecule has 142 valence electrons. The molecule has 0 radical (unpaired) electrons. The number of benzene rings is 1. The Kier molecular flexibility index (Phi) is 5.66. The van der Waals surface area contributed by atoms with Crippen LogP contribution in [0.5, 0.6) is 0 Å². The molecule has 2 aliphatic rings. The first kappa shape index (κ1) is 18.9. The normalized spacial score (nSPS) is 22.8. The third-order valence-electron chi connectivity index (χ3n) is 6.19. The van der Waals surface area contributed by atoms with Gasteiger partial charge in [0.05, 0.1) is 6.54 Å². The largest absolute Gasteiger partial charge is 0.347 e. The summed E-state index contributed by atoms with van der Waals surface area (Å²) in [7, 11) is 2.23. The predicted molar refractivity (Wildman–Crippen MR) is 103 cm³/mol. The number of carbonyl (C=O) groups excluding carboxylic acids is 2. The number of rotatable bonds is 4. The van der Waals surface area contributed by atoms with E-state index in [-0.39, 0.29) is 29.8 Å². The molecule has 5 heteroatoms. The molecule has 0 aromatic heterocycles. The Bertz CT molecular complexity index is 636. The summed E-state index contributed by atoms with van der Waals surface area (Å²) in [6.07, 6.45) is 3.19. The molecule has 0 bridgehead atoms. The van der Waals surface area contributed by atoms with Crippen molar-refractivity contribution < 1.29 is 9.59 Å². The lowest BCUT2D eigenvalue weighted by Crippen LogP contribution is -2.53. The summed E-state index contributed by atoms with van der Waals surface area (Å²) in [6.45, 7) is 6.44. The maximum Gasteiger partial charge on any atom is 0.241 e. The number of carbonyl (C=O) groups is 2. The summed E-state index contributed by atoms with van der Waals surface area (Å²) < 4.78 is 0. The van der Waals surface area contributed by atoms with Gasteiger partial charge < -0.3 is 10.2 Å². The van der Waals surface area contributed by atoms with Gasteiger partial charge in [-0.05, 0) is 37.8 Å². The van der Waals surface area contributed by atoms with Gasteiger partial charge >= 0.3 is 0 Å². The zero-order valence-corrected chi connectivity index (χ0v) is 16.2. The molecular weight excluding hydrogens is 326 g/mol. The van der Waals surface area contributed by atoms with Crippen LogP contribution in [-0.4, -0.2) is 60.4 Å². The number of hydrogen-bond donors (Lipinski definition) is 1. The first-order valence-electron chi connectivity index (χ1n) is 9.73. The average molecular weight is 357 g/mol. The zero-order valence-electron chi connectivity index (χ0n) is 16.2. The van der Waals surface area contributed by atoms with E-state index in [1.165, 1.54) is 12.0 Å². The first-order valence-corrected chi connectivity index (χ1v) is 9.73. The molecule has 2 fully saturated rings. The molecule has 2 heterocycles. The van der Waals surface area contributed by atoms with Gasteiger partial charge in [0.25, 0.3) is 0 Å². The molecule has 2 amide bonds. The Hall–Kier alpha value is -1.88. The van der Waals surface area contributed by atoms with Crippen molar-refractivity contribution in [3.8, 4) is 0 Å². The molecular formula is C21H31N3O2. The summed E-state index contributed by atoms with van der Waals surface area (Å²) in [6, 6.07) is 10.8. The molecule has 5 nitrogen and oxygen atoms in total. The van der Waals surface area contributed by atoms with Crippen molar-refractivity contribution in [2.45, 2.75) is 44.6 Å². The lowest BCUT2D eigenvalue weighted by atomic mass is 9.81. The third-order valence-corrected chi connectivity index (χ3v) is 6.19. The van der Waals surface area contributed by atoms with Crippen LogP contribution in [-0.2, 0) is 9.59 Å². The minimum Gasteiger partial charge on any atom is -0.347 e.